The minimum Gasteiger partial charge on any atom is -0.252 e. The molecule has 11 heavy (non-hydrogen) atoms. The minimum absolute atomic E-state index is 0.0619. The molecule has 0 amide bonds. The van der Waals surface area contributed by atoms with Crippen LogP contribution in [0.15, 0.2) is 0 Å². The summed E-state index contributed by atoms with van der Waals surface area (Å²) in [4.78, 5) is 4.28. The number of unbranched alkanes of at least 4 members (excludes halogenated alkanes) is 3. The summed E-state index contributed by atoms with van der Waals surface area (Å²) in [6, 6.07) is 0. The highest BCUT2D eigenvalue weighted by molar-refractivity contribution is 4.53. The fraction of sp³-hybridized carbons (Fsp3) is 1.00. The zero-order valence-corrected chi connectivity index (χ0v) is 7.68. The zero-order valence-electron chi connectivity index (χ0n) is 7.68. The van der Waals surface area contributed by atoms with E-state index in [1.165, 1.54) is 25.7 Å². The smallest absolute Gasteiger partial charge is 0.0924 e. The van der Waals surface area contributed by atoms with E-state index in [-0.39, 0.29) is 6.10 Å². The lowest BCUT2D eigenvalue weighted by Gasteiger charge is -2.09. The first-order valence-corrected chi connectivity index (χ1v) is 4.65. The van der Waals surface area contributed by atoms with Crippen LogP contribution < -0.4 is 0 Å². The SMILES string of the molecule is CCCCCCC(CC)OO. The van der Waals surface area contributed by atoms with Gasteiger partial charge in [0.15, 0.2) is 0 Å². The van der Waals surface area contributed by atoms with E-state index in [1.54, 1.807) is 0 Å². The molecular weight excluding hydrogens is 140 g/mol. The summed E-state index contributed by atoms with van der Waals surface area (Å²) in [7, 11) is 0. The van der Waals surface area contributed by atoms with Gasteiger partial charge >= 0.3 is 0 Å². The summed E-state index contributed by atoms with van der Waals surface area (Å²) >= 11 is 0. The van der Waals surface area contributed by atoms with Gasteiger partial charge < -0.3 is 0 Å². The summed E-state index contributed by atoms with van der Waals surface area (Å²) < 4.78 is 0. The van der Waals surface area contributed by atoms with Crippen LogP contribution in [0.2, 0.25) is 0 Å². The van der Waals surface area contributed by atoms with Crippen molar-refractivity contribution in [3.8, 4) is 0 Å². The molecule has 0 heterocycles. The number of hydrogen-bond acceptors (Lipinski definition) is 2. The topological polar surface area (TPSA) is 29.5 Å². The second kappa shape index (κ2) is 8.02. The Morgan fingerprint density at radius 1 is 1.18 bits per heavy atom. The monoisotopic (exact) mass is 160 g/mol. The summed E-state index contributed by atoms with van der Waals surface area (Å²) in [6.07, 6.45) is 6.95. The van der Waals surface area contributed by atoms with Crippen molar-refractivity contribution >= 4 is 0 Å². The standard InChI is InChI=1S/C9H20O2/c1-3-5-6-7-8-9(4-2)11-10/h9-10H,3-8H2,1-2H3. The van der Waals surface area contributed by atoms with E-state index in [9.17, 15) is 0 Å². The van der Waals surface area contributed by atoms with Gasteiger partial charge in [0.1, 0.15) is 0 Å². The molecule has 0 spiro atoms. The first-order chi connectivity index (χ1) is 5.35. The second-order valence-electron chi connectivity index (χ2n) is 2.99. The molecule has 0 fully saturated rings. The Morgan fingerprint density at radius 3 is 2.36 bits per heavy atom. The summed E-state index contributed by atoms with van der Waals surface area (Å²) in [5, 5.41) is 8.38. The Hall–Kier alpha value is -0.0800. The van der Waals surface area contributed by atoms with Crippen LogP contribution in [-0.2, 0) is 4.89 Å². The molecule has 1 atom stereocenters. The molecule has 0 aromatic heterocycles. The lowest BCUT2D eigenvalue weighted by molar-refractivity contribution is -0.280. The van der Waals surface area contributed by atoms with Gasteiger partial charge in [-0.25, -0.2) is 4.89 Å². The summed E-state index contributed by atoms with van der Waals surface area (Å²) in [6.45, 7) is 4.22. The zero-order chi connectivity index (χ0) is 8.53. The van der Waals surface area contributed by atoms with Crippen molar-refractivity contribution in [3.63, 3.8) is 0 Å². The van der Waals surface area contributed by atoms with Crippen LogP contribution in [0.3, 0.4) is 0 Å². The molecule has 2 nitrogen and oxygen atoms in total. The van der Waals surface area contributed by atoms with E-state index in [2.05, 4.69) is 11.8 Å². The Balaban J connectivity index is 3.07. The molecule has 0 bridgehead atoms. The molecule has 0 aromatic carbocycles. The summed E-state index contributed by atoms with van der Waals surface area (Å²) in [5.41, 5.74) is 0. The number of rotatable bonds is 7. The first-order valence-electron chi connectivity index (χ1n) is 4.65. The molecule has 1 N–H and O–H groups in total. The van der Waals surface area contributed by atoms with Crippen LogP contribution in [0.25, 0.3) is 0 Å². The number of hydrogen-bond donors (Lipinski definition) is 1. The van der Waals surface area contributed by atoms with Crippen molar-refractivity contribution in [2.45, 2.75) is 58.5 Å². The maximum absolute atomic E-state index is 8.38. The van der Waals surface area contributed by atoms with Gasteiger partial charge in [-0.1, -0.05) is 39.5 Å². The van der Waals surface area contributed by atoms with Crippen LogP contribution in [0.1, 0.15) is 52.4 Å². The van der Waals surface area contributed by atoms with Crippen molar-refractivity contribution in [3.05, 3.63) is 0 Å². The molecule has 0 saturated carbocycles. The average Bonchev–Trinajstić information content (AvgIpc) is 2.05. The molecule has 0 saturated heterocycles. The van der Waals surface area contributed by atoms with Gasteiger partial charge in [-0.05, 0) is 12.8 Å². The fourth-order valence-corrected chi connectivity index (χ4v) is 1.13. The van der Waals surface area contributed by atoms with E-state index < -0.39 is 0 Å². The van der Waals surface area contributed by atoms with Crippen molar-refractivity contribution in [1.82, 2.24) is 0 Å². The molecule has 0 aromatic rings. The molecule has 0 aliphatic carbocycles. The predicted octanol–water partition coefficient (Wildman–Crippen LogP) is 3.23. The first kappa shape index (κ1) is 10.9. The average molecular weight is 160 g/mol. The molecule has 0 radical (unpaired) electrons. The Kier molecular flexibility index (Phi) is 7.96. The summed E-state index contributed by atoms with van der Waals surface area (Å²) in [5.74, 6) is 0. The molecule has 0 aliphatic heterocycles. The molecule has 2 heteroatoms. The van der Waals surface area contributed by atoms with E-state index in [0.29, 0.717) is 0 Å². The van der Waals surface area contributed by atoms with E-state index in [0.717, 1.165) is 12.8 Å². The second-order valence-corrected chi connectivity index (χ2v) is 2.99. The quantitative estimate of drug-likeness (QED) is 0.352. The van der Waals surface area contributed by atoms with Crippen LogP contribution in [0.4, 0.5) is 0 Å². The van der Waals surface area contributed by atoms with Crippen LogP contribution >= 0.6 is 0 Å². The molecular formula is C9H20O2. The molecule has 0 rings (SSSR count). The van der Waals surface area contributed by atoms with Crippen LogP contribution in [0, 0.1) is 0 Å². The highest BCUT2D eigenvalue weighted by atomic mass is 17.1. The fourth-order valence-electron chi connectivity index (χ4n) is 1.13. The van der Waals surface area contributed by atoms with E-state index in [4.69, 9.17) is 5.26 Å². The maximum Gasteiger partial charge on any atom is 0.0924 e. The van der Waals surface area contributed by atoms with Gasteiger partial charge in [-0.3, -0.25) is 5.26 Å². The van der Waals surface area contributed by atoms with Crippen molar-refractivity contribution in [2.75, 3.05) is 0 Å². The highest BCUT2D eigenvalue weighted by Gasteiger charge is 2.04. The Labute approximate surface area is 69.5 Å². The minimum atomic E-state index is 0.0619. The molecule has 68 valence electrons. The molecule has 0 aliphatic rings. The van der Waals surface area contributed by atoms with Crippen molar-refractivity contribution in [1.29, 1.82) is 0 Å². The van der Waals surface area contributed by atoms with Crippen LogP contribution in [0.5, 0.6) is 0 Å². The van der Waals surface area contributed by atoms with Gasteiger partial charge in [0.05, 0.1) is 6.10 Å². The Bertz CT molecular complexity index is 70.0. The highest BCUT2D eigenvalue weighted by Crippen LogP contribution is 2.09. The van der Waals surface area contributed by atoms with Gasteiger partial charge in [0.2, 0.25) is 0 Å². The van der Waals surface area contributed by atoms with Gasteiger partial charge in [-0.2, -0.15) is 0 Å². The van der Waals surface area contributed by atoms with E-state index in [1.807, 2.05) is 6.92 Å². The normalized spacial score (nSPS) is 13.4. The largest absolute Gasteiger partial charge is 0.252 e. The van der Waals surface area contributed by atoms with Crippen molar-refractivity contribution in [2.24, 2.45) is 0 Å². The van der Waals surface area contributed by atoms with Gasteiger partial charge in [-0.15, -0.1) is 0 Å². The third-order valence-corrected chi connectivity index (χ3v) is 1.98. The van der Waals surface area contributed by atoms with E-state index >= 15 is 0 Å². The van der Waals surface area contributed by atoms with Crippen molar-refractivity contribution < 1.29 is 10.1 Å². The third kappa shape index (κ3) is 6.32. The van der Waals surface area contributed by atoms with Gasteiger partial charge in [0.25, 0.3) is 0 Å². The van der Waals surface area contributed by atoms with Gasteiger partial charge in [0, 0.05) is 0 Å². The lowest BCUT2D eigenvalue weighted by Crippen LogP contribution is -2.08. The Morgan fingerprint density at radius 2 is 1.91 bits per heavy atom. The lowest BCUT2D eigenvalue weighted by atomic mass is 10.1. The maximum atomic E-state index is 8.38. The third-order valence-electron chi connectivity index (χ3n) is 1.98. The predicted molar refractivity (Wildman–Crippen MR) is 46.6 cm³/mol. The molecule has 1 unspecified atom stereocenters. The van der Waals surface area contributed by atoms with Crippen LogP contribution in [-0.4, -0.2) is 11.4 Å².